The van der Waals surface area contributed by atoms with Crippen LogP contribution in [0.15, 0.2) is 24.3 Å². The van der Waals surface area contributed by atoms with Crippen LogP contribution in [-0.4, -0.2) is 10.2 Å². The summed E-state index contributed by atoms with van der Waals surface area (Å²) in [6, 6.07) is 9.10. The third-order valence-corrected chi connectivity index (χ3v) is 3.11. The summed E-state index contributed by atoms with van der Waals surface area (Å²) in [5, 5.41) is 1.50. The zero-order valence-electron chi connectivity index (χ0n) is 8.84. The molecule has 0 spiro atoms. The number of rotatable bonds is 5. The Kier molecular flexibility index (Phi) is 4.84. The summed E-state index contributed by atoms with van der Waals surface area (Å²) >= 11 is 0. The predicted octanol–water partition coefficient (Wildman–Crippen LogP) is 1.80. The fraction of sp³-hybridized carbons (Fsp3) is 0.500. The van der Waals surface area contributed by atoms with Gasteiger partial charge in [-0.05, 0) is 18.4 Å². The largest absolute Gasteiger partial charge is 0.0707 e. The standard InChI is InChI=1S/C12H20Si/c1-2-3-4-5-6-11-7-9-12(13)10-8-11/h7-10H,2-6H2,1,13H3. The van der Waals surface area contributed by atoms with Crippen LogP contribution in [-0.2, 0) is 6.42 Å². The van der Waals surface area contributed by atoms with E-state index in [0.717, 1.165) is 0 Å². The summed E-state index contributed by atoms with van der Waals surface area (Å²) in [7, 11) is 1.18. The number of aryl methyl sites for hydroxylation is 1. The predicted molar refractivity (Wildman–Crippen MR) is 63.9 cm³/mol. The molecule has 0 aliphatic rings. The van der Waals surface area contributed by atoms with Gasteiger partial charge >= 0.3 is 0 Å². The number of benzene rings is 1. The molecule has 0 unspecified atom stereocenters. The summed E-state index contributed by atoms with van der Waals surface area (Å²) in [5.41, 5.74) is 1.51. The molecular formula is C12H20Si. The molecule has 72 valence electrons. The molecule has 13 heavy (non-hydrogen) atoms. The van der Waals surface area contributed by atoms with Crippen LogP contribution in [0.3, 0.4) is 0 Å². The summed E-state index contributed by atoms with van der Waals surface area (Å²) < 4.78 is 0. The van der Waals surface area contributed by atoms with Crippen LogP contribution >= 0.6 is 0 Å². The van der Waals surface area contributed by atoms with E-state index in [9.17, 15) is 0 Å². The Hall–Kier alpha value is -0.563. The molecule has 1 aromatic carbocycles. The average Bonchev–Trinajstić information content (AvgIpc) is 2.15. The summed E-state index contributed by atoms with van der Waals surface area (Å²) in [6.07, 6.45) is 6.73. The summed E-state index contributed by atoms with van der Waals surface area (Å²) in [6.45, 7) is 2.26. The first-order chi connectivity index (χ1) is 6.33. The van der Waals surface area contributed by atoms with Crippen LogP contribution < -0.4 is 5.19 Å². The molecule has 0 aromatic heterocycles. The molecule has 0 amide bonds. The second kappa shape index (κ2) is 5.98. The Morgan fingerprint density at radius 3 is 2.31 bits per heavy atom. The fourth-order valence-corrected chi connectivity index (χ4v) is 1.84. The highest BCUT2D eigenvalue weighted by molar-refractivity contribution is 6.32. The lowest BCUT2D eigenvalue weighted by Gasteiger charge is -2.01. The van der Waals surface area contributed by atoms with Crippen LogP contribution in [0.2, 0.25) is 0 Å². The van der Waals surface area contributed by atoms with Gasteiger partial charge in [-0.25, -0.2) is 0 Å². The van der Waals surface area contributed by atoms with Crippen LogP contribution in [0.1, 0.15) is 38.2 Å². The van der Waals surface area contributed by atoms with Gasteiger partial charge in [0.15, 0.2) is 0 Å². The van der Waals surface area contributed by atoms with Gasteiger partial charge in [-0.2, -0.15) is 0 Å². The molecule has 0 radical (unpaired) electrons. The third kappa shape index (κ3) is 4.27. The molecule has 0 bridgehead atoms. The van der Waals surface area contributed by atoms with Gasteiger partial charge < -0.3 is 0 Å². The van der Waals surface area contributed by atoms with E-state index in [0.29, 0.717) is 0 Å². The van der Waals surface area contributed by atoms with E-state index < -0.39 is 0 Å². The molecular weight excluding hydrogens is 172 g/mol. The van der Waals surface area contributed by atoms with Crippen molar-refractivity contribution in [2.24, 2.45) is 0 Å². The fourth-order valence-electron chi connectivity index (χ4n) is 1.51. The molecule has 1 heteroatoms. The number of unbranched alkanes of at least 4 members (excludes halogenated alkanes) is 3. The van der Waals surface area contributed by atoms with Gasteiger partial charge in [0.1, 0.15) is 0 Å². The van der Waals surface area contributed by atoms with Gasteiger partial charge in [0.05, 0.1) is 0 Å². The van der Waals surface area contributed by atoms with E-state index in [2.05, 4.69) is 31.2 Å². The van der Waals surface area contributed by atoms with Gasteiger partial charge in [-0.3, -0.25) is 0 Å². The van der Waals surface area contributed by atoms with Crippen molar-refractivity contribution in [3.8, 4) is 0 Å². The Morgan fingerprint density at radius 1 is 1.00 bits per heavy atom. The van der Waals surface area contributed by atoms with Crippen LogP contribution in [0.25, 0.3) is 0 Å². The molecule has 0 aliphatic carbocycles. The van der Waals surface area contributed by atoms with Gasteiger partial charge in [-0.15, -0.1) is 0 Å². The second-order valence-electron chi connectivity index (χ2n) is 3.80. The van der Waals surface area contributed by atoms with Crippen molar-refractivity contribution in [2.75, 3.05) is 0 Å². The summed E-state index contributed by atoms with van der Waals surface area (Å²) in [4.78, 5) is 0. The average molecular weight is 192 g/mol. The van der Waals surface area contributed by atoms with Crippen molar-refractivity contribution in [3.63, 3.8) is 0 Å². The quantitative estimate of drug-likeness (QED) is 0.493. The molecule has 1 aromatic rings. The van der Waals surface area contributed by atoms with Crippen molar-refractivity contribution in [1.82, 2.24) is 0 Å². The maximum Gasteiger partial charge on any atom is 0.0384 e. The highest BCUT2D eigenvalue weighted by Crippen LogP contribution is 2.06. The molecule has 0 saturated carbocycles. The highest BCUT2D eigenvalue weighted by atomic mass is 28.1. The zero-order valence-corrected chi connectivity index (χ0v) is 10.8. The molecule has 0 atom stereocenters. The van der Waals surface area contributed by atoms with E-state index in [1.54, 1.807) is 0 Å². The molecule has 0 aliphatic heterocycles. The molecule has 0 fully saturated rings. The molecule has 0 N–H and O–H groups in total. The lowest BCUT2D eigenvalue weighted by molar-refractivity contribution is 0.667. The van der Waals surface area contributed by atoms with Crippen LogP contribution in [0, 0.1) is 0 Å². The van der Waals surface area contributed by atoms with Gasteiger partial charge in [0.25, 0.3) is 0 Å². The lowest BCUT2D eigenvalue weighted by Crippen LogP contribution is -2.00. The van der Waals surface area contributed by atoms with Crippen molar-refractivity contribution in [2.45, 2.75) is 39.0 Å². The SMILES string of the molecule is CCCCCCc1ccc([SiH3])cc1. The van der Waals surface area contributed by atoms with Crippen molar-refractivity contribution in [1.29, 1.82) is 0 Å². The molecule has 0 saturated heterocycles. The van der Waals surface area contributed by atoms with Crippen LogP contribution in [0.4, 0.5) is 0 Å². The van der Waals surface area contributed by atoms with Gasteiger partial charge in [0.2, 0.25) is 0 Å². The minimum atomic E-state index is 1.18. The lowest BCUT2D eigenvalue weighted by atomic mass is 10.1. The Morgan fingerprint density at radius 2 is 1.69 bits per heavy atom. The minimum absolute atomic E-state index is 1.18. The third-order valence-electron chi connectivity index (χ3n) is 2.44. The van der Waals surface area contributed by atoms with Gasteiger partial charge in [-0.1, -0.05) is 55.6 Å². The minimum Gasteiger partial charge on any atom is -0.0707 e. The van der Waals surface area contributed by atoms with Crippen LogP contribution in [0.5, 0.6) is 0 Å². The first-order valence-corrected chi connectivity index (χ1v) is 6.38. The van der Waals surface area contributed by atoms with Crippen molar-refractivity contribution >= 4 is 15.4 Å². The smallest absolute Gasteiger partial charge is 0.0384 e. The van der Waals surface area contributed by atoms with Crippen molar-refractivity contribution < 1.29 is 0 Å². The Balaban J connectivity index is 2.25. The number of hydrogen-bond acceptors (Lipinski definition) is 0. The van der Waals surface area contributed by atoms with E-state index in [1.807, 2.05) is 0 Å². The van der Waals surface area contributed by atoms with Crippen molar-refractivity contribution in [3.05, 3.63) is 29.8 Å². The van der Waals surface area contributed by atoms with E-state index in [4.69, 9.17) is 0 Å². The maximum absolute atomic E-state index is 2.29. The highest BCUT2D eigenvalue weighted by Gasteiger charge is 1.92. The van der Waals surface area contributed by atoms with E-state index in [-0.39, 0.29) is 0 Å². The monoisotopic (exact) mass is 192 g/mol. The Bertz CT molecular complexity index is 225. The van der Waals surface area contributed by atoms with E-state index >= 15 is 0 Å². The maximum atomic E-state index is 2.29. The summed E-state index contributed by atoms with van der Waals surface area (Å²) in [5.74, 6) is 0. The normalized spacial score (nSPS) is 10.5. The second-order valence-corrected chi connectivity index (χ2v) is 4.95. The Labute approximate surface area is 84.8 Å². The molecule has 0 nitrogen and oxygen atoms in total. The first kappa shape index (κ1) is 10.5. The van der Waals surface area contributed by atoms with Gasteiger partial charge in [0, 0.05) is 10.2 Å². The van der Waals surface area contributed by atoms with E-state index in [1.165, 1.54) is 53.1 Å². The zero-order chi connectivity index (χ0) is 9.52. The molecule has 0 heterocycles. The first-order valence-electron chi connectivity index (χ1n) is 5.38. The molecule has 1 rings (SSSR count). The topological polar surface area (TPSA) is 0 Å². The number of hydrogen-bond donors (Lipinski definition) is 0.